The van der Waals surface area contributed by atoms with E-state index in [1.165, 1.54) is 0 Å². The summed E-state index contributed by atoms with van der Waals surface area (Å²) in [6.07, 6.45) is -6.41. The molecule has 1 fully saturated rings. The molecule has 1 amide bonds. The first-order valence-electron chi connectivity index (χ1n) is 5.04. The average Bonchev–Trinajstić information content (AvgIpc) is 2.20. The maximum Gasteiger partial charge on any atom is 0.491 e. The van der Waals surface area contributed by atoms with Crippen LogP contribution in [0.1, 0.15) is 13.8 Å². The monoisotopic (exact) mass is 254 g/mol. The van der Waals surface area contributed by atoms with Crippen LogP contribution in [0.5, 0.6) is 0 Å². The zero-order valence-corrected chi connectivity index (χ0v) is 9.37. The first-order valence-corrected chi connectivity index (χ1v) is 5.04. The zero-order chi connectivity index (χ0) is 13.2. The lowest BCUT2D eigenvalue weighted by atomic mass is 10.1. The number of alkyl halides is 3. The lowest BCUT2D eigenvalue weighted by Crippen LogP contribution is -2.56. The van der Waals surface area contributed by atoms with E-state index in [-0.39, 0.29) is 18.6 Å². The Morgan fingerprint density at radius 2 is 1.94 bits per heavy atom. The molecule has 1 heterocycles. The lowest BCUT2D eigenvalue weighted by molar-refractivity contribution is -0.194. The number of hydrogen-bond donors (Lipinski definition) is 1. The van der Waals surface area contributed by atoms with E-state index in [9.17, 15) is 22.8 Å². The van der Waals surface area contributed by atoms with Crippen LogP contribution in [0.3, 0.4) is 0 Å². The van der Waals surface area contributed by atoms with Crippen LogP contribution in [0.15, 0.2) is 0 Å². The van der Waals surface area contributed by atoms with E-state index in [1.54, 1.807) is 13.8 Å². The van der Waals surface area contributed by atoms with Gasteiger partial charge in [0.1, 0.15) is 0 Å². The molecular weight excluding hydrogens is 241 g/mol. The minimum Gasteiger partial charge on any atom is -0.369 e. The third-order valence-electron chi connectivity index (χ3n) is 2.41. The average molecular weight is 254 g/mol. The number of hydrogen-bond acceptors (Lipinski definition) is 4. The molecule has 17 heavy (non-hydrogen) atoms. The maximum absolute atomic E-state index is 11.9. The smallest absolute Gasteiger partial charge is 0.369 e. The van der Waals surface area contributed by atoms with Gasteiger partial charge in [0, 0.05) is 25.2 Å². The highest BCUT2D eigenvalue weighted by molar-refractivity contribution is 5.87. The number of esters is 1. The molecule has 0 radical (unpaired) electrons. The van der Waals surface area contributed by atoms with Gasteiger partial charge in [0.15, 0.2) is 0 Å². The molecule has 0 aromatic carbocycles. The summed E-state index contributed by atoms with van der Waals surface area (Å²) in [6, 6.07) is -0.375. The van der Waals surface area contributed by atoms with E-state index in [0.29, 0.717) is 6.54 Å². The van der Waals surface area contributed by atoms with Crippen molar-refractivity contribution in [3.8, 4) is 0 Å². The minimum absolute atomic E-state index is 0.0558. The SMILES string of the molecule is C[C@@H]1CN[C@@H](C)CN1C(=O)OC(=O)C(F)(F)F. The van der Waals surface area contributed by atoms with Gasteiger partial charge in [-0.3, -0.25) is 0 Å². The number of nitrogens with one attached hydrogen (secondary N) is 1. The van der Waals surface area contributed by atoms with Gasteiger partial charge in [0.2, 0.25) is 0 Å². The van der Waals surface area contributed by atoms with Crippen molar-refractivity contribution >= 4 is 12.1 Å². The Morgan fingerprint density at radius 1 is 1.35 bits per heavy atom. The van der Waals surface area contributed by atoms with E-state index >= 15 is 0 Å². The second-order valence-electron chi connectivity index (χ2n) is 3.96. The van der Waals surface area contributed by atoms with Gasteiger partial charge in [-0.05, 0) is 13.8 Å². The number of halogens is 3. The number of amides is 1. The van der Waals surface area contributed by atoms with Gasteiger partial charge in [-0.2, -0.15) is 13.2 Å². The molecular formula is C9H13F3N2O3. The number of carbonyl (C=O) groups excluding carboxylic acids is 2. The molecule has 1 rings (SSSR count). The third-order valence-corrected chi connectivity index (χ3v) is 2.41. The Bertz CT molecular complexity index is 319. The van der Waals surface area contributed by atoms with Crippen LogP contribution in [-0.4, -0.2) is 48.3 Å². The number of ether oxygens (including phenoxy) is 1. The normalized spacial score (nSPS) is 25.6. The van der Waals surface area contributed by atoms with Crippen LogP contribution in [0.25, 0.3) is 0 Å². The highest BCUT2D eigenvalue weighted by Gasteiger charge is 2.43. The summed E-state index contributed by atoms with van der Waals surface area (Å²) in [7, 11) is 0. The van der Waals surface area contributed by atoms with Crippen LogP contribution >= 0.6 is 0 Å². The van der Waals surface area contributed by atoms with Crippen molar-refractivity contribution in [3.63, 3.8) is 0 Å². The molecule has 0 aromatic heterocycles. The standard InChI is InChI=1S/C9H13F3N2O3/c1-5-4-14(6(2)3-13-5)8(16)17-7(15)9(10,11)12/h5-6,13H,3-4H2,1-2H3/t5-,6+/m0/s1. The Hall–Kier alpha value is -1.31. The van der Waals surface area contributed by atoms with Crippen LogP contribution < -0.4 is 5.32 Å². The molecule has 8 heteroatoms. The second-order valence-corrected chi connectivity index (χ2v) is 3.96. The van der Waals surface area contributed by atoms with Crippen molar-refractivity contribution in [1.82, 2.24) is 10.2 Å². The Labute approximate surface area is 95.9 Å². The van der Waals surface area contributed by atoms with Gasteiger partial charge in [0.05, 0.1) is 0 Å². The van der Waals surface area contributed by atoms with Crippen molar-refractivity contribution < 1.29 is 27.5 Å². The summed E-state index contributed by atoms with van der Waals surface area (Å²) in [5, 5.41) is 3.04. The molecule has 1 saturated heterocycles. The molecule has 1 aliphatic rings. The number of carbonyl (C=O) groups is 2. The number of piperazine rings is 1. The van der Waals surface area contributed by atoms with Gasteiger partial charge >= 0.3 is 18.2 Å². The highest BCUT2D eigenvalue weighted by atomic mass is 19.4. The first kappa shape index (κ1) is 13.8. The van der Waals surface area contributed by atoms with Crippen LogP contribution in [0, 0.1) is 0 Å². The van der Waals surface area contributed by atoms with Crippen molar-refractivity contribution in [3.05, 3.63) is 0 Å². The zero-order valence-electron chi connectivity index (χ0n) is 9.37. The molecule has 0 spiro atoms. The first-order chi connectivity index (χ1) is 7.71. The summed E-state index contributed by atoms with van der Waals surface area (Å²) in [5.41, 5.74) is 0. The number of nitrogens with zero attached hydrogens (tertiary/aromatic N) is 1. The summed E-state index contributed by atoms with van der Waals surface area (Å²) in [6.45, 7) is 4.07. The van der Waals surface area contributed by atoms with Gasteiger partial charge in [-0.1, -0.05) is 0 Å². The lowest BCUT2D eigenvalue weighted by Gasteiger charge is -2.36. The molecule has 5 nitrogen and oxygen atoms in total. The molecule has 0 bridgehead atoms. The van der Waals surface area contributed by atoms with Gasteiger partial charge in [-0.15, -0.1) is 0 Å². The number of rotatable bonds is 0. The largest absolute Gasteiger partial charge is 0.491 e. The van der Waals surface area contributed by atoms with E-state index < -0.39 is 18.2 Å². The second kappa shape index (κ2) is 4.91. The molecule has 98 valence electrons. The van der Waals surface area contributed by atoms with Gasteiger partial charge < -0.3 is 15.0 Å². The molecule has 0 unspecified atom stereocenters. The van der Waals surface area contributed by atoms with Crippen molar-refractivity contribution in [2.75, 3.05) is 13.1 Å². The molecule has 2 atom stereocenters. The summed E-state index contributed by atoms with van der Waals surface area (Å²) < 4.78 is 39.4. The molecule has 0 saturated carbocycles. The predicted octanol–water partition coefficient (Wildman–Crippen LogP) is 0.894. The van der Waals surface area contributed by atoms with Gasteiger partial charge in [0.25, 0.3) is 0 Å². The quantitative estimate of drug-likeness (QED) is 0.515. The fourth-order valence-electron chi connectivity index (χ4n) is 1.47. The molecule has 0 aliphatic carbocycles. The van der Waals surface area contributed by atoms with Crippen molar-refractivity contribution in [1.29, 1.82) is 0 Å². The van der Waals surface area contributed by atoms with Crippen molar-refractivity contribution in [2.24, 2.45) is 0 Å². The van der Waals surface area contributed by atoms with Crippen LogP contribution in [-0.2, 0) is 9.53 Å². The minimum atomic E-state index is -5.15. The van der Waals surface area contributed by atoms with Crippen LogP contribution in [0.2, 0.25) is 0 Å². The molecule has 0 aromatic rings. The Balaban J connectivity index is 2.60. The highest BCUT2D eigenvalue weighted by Crippen LogP contribution is 2.18. The Morgan fingerprint density at radius 3 is 2.47 bits per heavy atom. The fraction of sp³-hybridized carbons (Fsp3) is 0.778. The van der Waals surface area contributed by atoms with Gasteiger partial charge in [-0.25, -0.2) is 9.59 Å². The van der Waals surface area contributed by atoms with Crippen molar-refractivity contribution in [2.45, 2.75) is 32.1 Å². The maximum atomic E-state index is 11.9. The summed E-state index contributed by atoms with van der Waals surface area (Å²) in [5.74, 6) is -2.49. The van der Waals surface area contributed by atoms with Crippen LogP contribution in [0.4, 0.5) is 18.0 Å². The van der Waals surface area contributed by atoms with E-state index in [4.69, 9.17) is 0 Å². The molecule has 1 aliphatic heterocycles. The van der Waals surface area contributed by atoms with E-state index in [1.807, 2.05) is 0 Å². The summed E-state index contributed by atoms with van der Waals surface area (Å²) >= 11 is 0. The van der Waals surface area contributed by atoms with E-state index in [0.717, 1.165) is 4.90 Å². The predicted molar refractivity (Wildman–Crippen MR) is 51.2 cm³/mol. The molecule has 1 N–H and O–H groups in total. The Kier molecular flexibility index (Phi) is 3.97. The topological polar surface area (TPSA) is 58.6 Å². The van der Waals surface area contributed by atoms with E-state index in [2.05, 4.69) is 10.1 Å². The fourth-order valence-corrected chi connectivity index (χ4v) is 1.47. The summed E-state index contributed by atoms with van der Waals surface area (Å²) in [4.78, 5) is 23.0. The third kappa shape index (κ3) is 3.58.